The van der Waals surface area contributed by atoms with Crippen LogP contribution in [-0.4, -0.2) is 71.8 Å². The van der Waals surface area contributed by atoms with Gasteiger partial charge in [-0.25, -0.2) is 13.7 Å². The molecule has 18 heteroatoms. The van der Waals surface area contributed by atoms with Gasteiger partial charge in [0.05, 0.1) is 6.61 Å². The summed E-state index contributed by atoms with van der Waals surface area (Å²) in [7, 11) is -16.6. The van der Waals surface area contributed by atoms with Crippen molar-refractivity contribution in [3.63, 3.8) is 0 Å². The average molecular weight is 662 g/mol. The lowest BCUT2D eigenvalue weighted by molar-refractivity contribution is -0.282. The maximum Gasteiger partial charge on any atom is 0.470 e. The van der Waals surface area contributed by atoms with Gasteiger partial charge in [0.2, 0.25) is 0 Å². The van der Waals surface area contributed by atoms with Gasteiger partial charge in [0.25, 0.3) is 0 Å². The van der Waals surface area contributed by atoms with E-state index in [2.05, 4.69) is 9.05 Å². The minimum Gasteiger partial charge on any atom is -0.366 e. The maximum absolute atomic E-state index is 12.0. The van der Waals surface area contributed by atoms with Crippen molar-refractivity contribution in [3.05, 3.63) is 108 Å². The third-order valence-corrected chi connectivity index (χ3v) is 7.95. The predicted octanol–water partition coefficient (Wildman–Crippen LogP) is 2.15. The molecule has 234 valence electrons. The summed E-state index contributed by atoms with van der Waals surface area (Å²) in [6, 6.07) is 26.5. The van der Waals surface area contributed by atoms with E-state index in [4.69, 9.17) is 14.0 Å². The third kappa shape index (κ3) is 8.74. The number of aliphatic hydroxyl groups is 1. The molecule has 0 saturated carbocycles. The summed E-state index contributed by atoms with van der Waals surface area (Å²) in [6.45, 7) is -0.677. The lowest BCUT2D eigenvalue weighted by Gasteiger charge is -2.45. The Labute approximate surface area is 245 Å². The molecule has 1 saturated heterocycles. The van der Waals surface area contributed by atoms with Crippen LogP contribution in [0.5, 0.6) is 0 Å². The second-order valence-electron chi connectivity index (χ2n) is 9.34. The van der Waals surface area contributed by atoms with Gasteiger partial charge in [-0.05, 0) is 16.7 Å². The fourth-order valence-electron chi connectivity index (χ4n) is 4.84. The molecule has 4 rings (SSSR count). The lowest BCUT2D eigenvalue weighted by atomic mass is 9.80. The van der Waals surface area contributed by atoms with E-state index in [1.54, 1.807) is 91.0 Å². The molecule has 1 fully saturated rings. The first-order valence-corrected chi connectivity index (χ1v) is 17.0. The van der Waals surface area contributed by atoms with Gasteiger partial charge < -0.3 is 43.9 Å². The third-order valence-electron chi connectivity index (χ3n) is 6.39. The van der Waals surface area contributed by atoms with E-state index in [9.17, 15) is 48.2 Å². The maximum atomic E-state index is 12.0. The fraction of sp³-hybridized carbons (Fsp3) is 0.280. The van der Waals surface area contributed by atoms with E-state index in [0.29, 0.717) is 16.7 Å². The fourth-order valence-corrected chi connectivity index (χ4v) is 6.51. The second kappa shape index (κ2) is 13.5. The zero-order valence-electron chi connectivity index (χ0n) is 22.0. The van der Waals surface area contributed by atoms with Crippen LogP contribution in [0.3, 0.4) is 0 Å². The van der Waals surface area contributed by atoms with Gasteiger partial charge in [-0.2, -0.15) is 0 Å². The van der Waals surface area contributed by atoms with Crippen molar-refractivity contribution in [1.82, 2.24) is 0 Å². The number of aliphatic hydroxyl groups excluding tert-OH is 1. The first kappa shape index (κ1) is 33.8. The van der Waals surface area contributed by atoms with Crippen LogP contribution in [0.15, 0.2) is 91.0 Å². The average Bonchev–Trinajstić information content (AvgIpc) is 2.93. The van der Waals surface area contributed by atoms with E-state index in [1.165, 1.54) is 0 Å². The van der Waals surface area contributed by atoms with Gasteiger partial charge in [0.15, 0.2) is 6.29 Å². The van der Waals surface area contributed by atoms with Gasteiger partial charge >= 0.3 is 23.5 Å². The summed E-state index contributed by atoms with van der Waals surface area (Å²) in [5.41, 5.74) is 0.370. The van der Waals surface area contributed by atoms with E-state index < -0.39 is 66.4 Å². The molecule has 0 aromatic heterocycles. The smallest absolute Gasteiger partial charge is 0.366 e. The van der Waals surface area contributed by atoms with E-state index in [1.807, 2.05) is 0 Å². The highest BCUT2D eigenvalue weighted by molar-refractivity contribution is 7.47. The lowest BCUT2D eigenvalue weighted by Crippen LogP contribution is -2.61. The molecule has 0 radical (unpaired) electrons. The Hall–Kier alpha value is -2.13. The van der Waals surface area contributed by atoms with Crippen molar-refractivity contribution in [2.45, 2.75) is 36.3 Å². The largest absolute Gasteiger partial charge is 0.470 e. The molecule has 0 spiro atoms. The van der Waals surface area contributed by atoms with Crippen LogP contribution in [0.2, 0.25) is 0 Å². The highest BCUT2D eigenvalue weighted by atomic mass is 31.2. The number of phosphoric ester groups is 3. The SMILES string of the molecule is O=P(O)(O)O[C@H]1[C@@H](OP(=O)(O)O)[C@@H](O)O[C@@H](COC(c2ccccc2)(c2ccccc2)c2ccccc2)[C@H]1OP(=O)(O)O. The molecule has 1 aliphatic heterocycles. The number of phosphoric acid groups is 3. The first-order valence-electron chi connectivity index (χ1n) is 12.4. The van der Waals surface area contributed by atoms with Crippen molar-refractivity contribution in [2.24, 2.45) is 0 Å². The molecule has 3 aromatic rings. The van der Waals surface area contributed by atoms with Crippen LogP contribution in [-0.2, 0) is 42.3 Å². The van der Waals surface area contributed by atoms with Crippen LogP contribution in [0.1, 0.15) is 16.7 Å². The Morgan fingerprint density at radius 2 is 0.930 bits per heavy atom. The predicted molar refractivity (Wildman–Crippen MR) is 147 cm³/mol. The van der Waals surface area contributed by atoms with Gasteiger partial charge in [0, 0.05) is 0 Å². The van der Waals surface area contributed by atoms with Gasteiger partial charge in [-0.1, -0.05) is 91.0 Å². The molecule has 0 aliphatic carbocycles. The number of benzene rings is 3. The number of hydrogen-bond donors (Lipinski definition) is 7. The molecular weight excluding hydrogens is 633 g/mol. The first-order chi connectivity index (χ1) is 20.1. The molecule has 0 unspecified atom stereocenters. The van der Waals surface area contributed by atoms with Crippen molar-refractivity contribution < 1.29 is 71.2 Å². The molecule has 7 N–H and O–H groups in total. The minimum atomic E-state index is -5.56. The molecular formula is C25H29O15P3. The Morgan fingerprint density at radius 1 is 0.581 bits per heavy atom. The van der Waals surface area contributed by atoms with Crippen molar-refractivity contribution in [1.29, 1.82) is 0 Å². The van der Waals surface area contributed by atoms with Gasteiger partial charge in [-0.15, -0.1) is 0 Å². The molecule has 15 nitrogen and oxygen atoms in total. The second-order valence-corrected chi connectivity index (χ2v) is 12.9. The molecule has 1 heterocycles. The van der Waals surface area contributed by atoms with E-state index in [-0.39, 0.29) is 0 Å². The number of ether oxygens (including phenoxy) is 2. The van der Waals surface area contributed by atoms with Crippen molar-refractivity contribution in [2.75, 3.05) is 6.61 Å². The summed E-state index contributed by atoms with van der Waals surface area (Å²) in [5, 5.41) is 10.6. The number of rotatable bonds is 12. The van der Waals surface area contributed by atoms with Crippen LogP contribution in [0.4, 0.5) is 0 Å². The summed E-state index contributed by atoms with van der Waals surface area (Å²) in [4.78, 5) is 57.0. The van der Waals surface area contributed by atoms with Crippen molar-refractivity contribution in [3.8, 4) is 0 Å². The monoisotopic (exact) mass is 662 g/mol. The quantitative estimate of drug-likeness (QED) is 0.109. The van der Waals surface area contributed by atoms with Crippen LogP contribution in [0, 0.1) is 0 Å². The highest BCUT2D eigenvalue weighted by Crippen LogP contribution is 2.50. The summed E-state index contributed by atoms with van der Waals surface area (Å²) in [5.74, 6) is 0. The highest BCUT2D eigenvalue weighted by Gasteiger charge is 2.54. The van der Waals surface area contributed by atoms with Gasteiger partial charge in [-0.3, -0.25) is 13.6 Å². The van der Waals surface area contributed by atoms with E-state index in [0.717, 1.165) is 0 Å². The molecule has 5 atom stereocenters. The summed E-state index contributed by atoms with van der Waals surface area (Å²) >= 11 is 0. The molecule has 3 aromatic carbocycles. The summed E-state index contributed by atoms with van der Waals surface area (Å²) in [6.07, 6.45) is -11.0. The van der Waals surface area contributed by atoms with Crippen LogP contribution < -0.4 is 0 Å². The van der Waals surface area contributed by atoms with Crippen LogP contribution in [0.25, 0.3) is 0 Å². The molecule has 0 amide bonds. The minimum absolute atomic E-state index is 0.599. The Balaban J connectivity index is 1.83. The zero-order valence-corrected chi connectivity index (χ0v) is 24.7. The standard InChI is InChI=1S/C25H29O15P3/c26-24-23(40-43(33,34)35)22(39-42(30,31)32)21(38-41(27,28)29)20(37-24)16-36-25(17-10-4-1-5-11-17,18-12-6-2-7-13-18)19-14-8-3-9-15-19/h1-15,20-24,26H,16H2,(H2,27,28,29)(H2,30,31,32)(H2,33,34,35)/t20-,21+,22+,23+,24-/m0/s1. The van der Waals surface area contributed by atoms with Gasteiger partial charge in [0.1, 0.15) is 30.0 Å². The van der Waals surface area contributed by atoms with Crippen molar-refractivity contribution >= 4 is 23.5 Å². The summed E-state index contributed by atoms with van der Waals surface area (Å²) < 4.78 is 61.2. The Kier molecular flexibility index (Phi) is 10.6. The Bertz CT molecular complexity index is 1380. The van der Waals surface area contributed by atoms with E-state index >= 15 is 0 Å². The molecule has 0 bridgehead atoms. The van der Waals surface area contributed by atoms with Crippen LogP contribution >= 0.6 is 23.5 Å². The zero-order chi connectivity index (χ0) is 31.5. The molecule has 1 aliphatic rings. The number of hydrogen-bond acceptors (Lipinski definition) is 9. The Morgan fingerprint density at radius 3 is 1.30 bits per heavy atom. The normalized spacial score (nSPS) is 23.7. The topological polar surface area (TPSA) is 239 Å². The molecule has 43 heavy (non-hydrogen) atoms.